The molecule has 45 nitrogen and oxygen atoms in total. The van der Waals surface area contributed by atoms with Crippen molar-refractivity contribution < 1.29 is 136 Å². The summed E-state index contributed by atoms with van der Waals surface area (Å²) < 4.78 is 106. The van der Waals surface area contributed by atoms with E-state index >= 15 is 4.79 Å². The Labute approximate surface area is 846 Å². The lowest BCUT2D eigenvalue weighted by Crippen LogP contribution is -2.59. The van der Waals surface area contributed by atoms with Gasteiger partial charge >= 0.3 is 23.9 Å². The Morgan fingerprint density at radius 1 is 0.582 bits per heavy atom. The summed E-state index contributed by atoms with van der Waals surface area (Å²) in [5.41, 5.74) is 19.8. The van der Waals surface area contributed by atoms with Gasteiger partial charge < -0.3 is 68.5 Å². The number of amides is 5. The van der Waals surface area contributed by atoms with Gasteiger partial charge in [-0.1, -0.05) is 75.2 Å². The second-order valence-corrected chi connectivity index (χ2v) is 42.7. The summed E-state index contributed by atoms with van der Waals surface area (Å²) in [4.78, 5) is 197. The fraction of sp³-hybridized carbons (Fsp3) is 0.510. The molecule has 5 aromatic carbocycles. The first-order valence-corrected chi connectivity index (χ1v) is 52.7. The lowest BCUT2D eigenvalue weighted by Gasteiger charge is -2.32. The minimum absolute atomic E-state index is 0.000376. The molecule has 0 saturated carbocycles. The van der Waals surface area contributed by atoms with Crippen molar-refractivity contribution in [1.29, 1.82) is 5.41 Å². The topological polar surface area (TPSA) is 695 Å². The van der Waals surface area contributed by atoms with Gasteiger partial charge in [0.05, 0.1) is 71.7 Å². The molecule has 5 aromatic rings. The van der Waals surface area contributed by atoms with Crippen molar-refractivity contribution in [2.75, 3.05) is 123 Å². The number of nitrogens with zero attached hydrogens (tertiary/aromatic N) is 6. The highest BCUT2D eigenvalue weighted by Gasteiger charge is 2.48. The number of hydrazine groups is 1. The molecule has 0 aliphatic carbocycles. The first-order valence-electron chi connectivity index (χ1n) is 48.3. The van der Waals surface area contributed by atoms with Gasteiger partial charge in [-0.15, -0.1) is 0 Å². The standard InChI is InChI=1S/C98H133N17O28S3/c1-61(144(135,136)137)37-42-115-77-35-26-64-54-69(146(141,142)143)31-33-71(64)89(77)98(4,5)81(115)21-9-6-8-20-80-97(2,3)88-70-32-30-68(145(138,139)140)53-63(70)25-34-76(88)114(80)41-15-7-10-22-82(120)102-38-13-11-17-65(94(133)107-73(93(99)132)18-12-14-39-103-83(121)57-110-43-45-111(58-85(124)125)47-49-113(60-87(128)129)50-48-112(46-44-110)59-86(126)127)52-67(117)29-36-78(118)90-92(131)74(51-62-23-27-66(116)28-24-62)108-95(134)75(55-84(122)123)109-105-56-79(119)91(130)72(106-90)19-16-40-104-96(100)101/h6,8-9,20-21,23-28,30-35,53-54,61,65,72-75,90,105-106,109H,7,10-19,22,29,36-52,55-60H2,1-5H3,(H17-,99,100,101,102,103,104,107,108,116,120,121,122,123,124,125,126,127,128,129,132,133,134,135,136,137,138,139,140,141,142,143)/p+1/t61?,65-,72+,73+,74+,75+,90?/m1/s1. The number of Topliss-reactive ketones (excluding diaryl/α,β-unsaturated/α-hetero) is 5. The number of ketones is 5. The Bertz CT molecular complexity index is 6140. The van der Waals surface area contributed by atoms with E-state index in [-0.39, 0.29) is 190 Å². The van der Waals surface area contributed by atoms with Crippen LogP contribution in [0.25, 0.3) is 21.5 Å². The quantitative estimate of drug-likeness (QED) is 0.00389. The number of carboxylic acids is 4. The summed E-state index contributed by atoms with van der Waals surface area (Å²) in [6, 6.07) is 12.7. The minimum Gasteiger partial charge on any atom is -0.508 e. The minimum atomic E-state index is -4.58. The van der Waals surface area contributed by atoms with Crippen LogP contribution in [0.2, 0.25) is 0 Å². The number of benzene rings is 5. The van der Waals surface area contributed by atoms with E-state index in [0.29, 0.717) is 47.5 Å². The number of carboxylic acid groups (broad SMARTS) is 4. The van der Waals surface area contributed by atoms with Crippen LogP contribution in [0, 0.1) is 11.3 Å². The Morgan fingerprint density at radius 3 is 1.69 bits per heavy atom. The summed E-state index contributed by atoms with van der Waals surface area (Å²) in [5, 5.41) is 74.1. The van der Waals surface area contributed by atoms with Gasteiger partial charge in [0, 0.05) is 151 Å². The summed E-state index contributed by atoms with van der Waals surface area (Å²) >= 11 is 0. The van der Waals surface area contributed by atoms with Crippen molar-refractivity contribution in [2.24, 2.45) is 17.4 Å². The molecular weight excluding hydrogens is 1960 g/mol. The normalized spacial score (nSPS) is 19.3. The molecule has 2 fully saturated rings. The number of phenols is 1. The molecule has 2 saturated heterocycles. The highest BCUT2D eigenvalue weighted by Crippen LogP contribution is 2.52. The number of hydrogen-bond acceptors (Lipinski definition) is 30. The fourth-order valence-electron chi connectivity index (χ4n) is 18.6. The molecule has 2 unspecified atom stereocenters. The number of carbonyl (C=O) groups is 14. The van der Waals surface area contributed by atoms with E-state index in [4.69, 9.17) is 16.9 Å². The van der Waals surface area contributed by atoms with E-state index < -0.39 is 204 Å². The second kappa shape index (κ2) is 53.7. The number of nitrogens with two attached hydrogens (primary N) is 2. The first kappa shape index (κ1) is 117. The maximum Gasteiger partial charge on any atom is 0.317 e. The fourth-order valence-corrected chi connectivity index (χ4v) is 20.0. The molecule has 21 N–H and O–H groups in total. The number of primary amides is 1. The van der Waals surface area contributed by atoms with E-state index in [1.54, 1.807) is 49.9 Å². The Morgan fingerprint density at radius 2 is 1.14 bits per heavy atom. The lowest BCUT2D eigenvalue weighted by molar-refractivity contribution is -0.438. The first-order chi connectivity index (χ1) is 68.8. The predicted octanol–water partition coefficient (Wildman–Crippen LogP) is 2.51. The zero-order chi connectivity index (χ0) is 107. The average Bonchev–Trinajstić information content (AvgIpc) is 1.57. The van der Waals surface area contributed by atoms with Gasteiger partial charge in [-0.3, -0.25) is 111 Å². The Balaban J connectivity index is 0.896. The number of nitrogens with one attached hydrogen (secondary N) is 9. The van der Waals surface area contributed by atoms with Gasteiger partial charge in [-0.05, 0) is 172 Å². The van der Waals surface area contributed by atoms with Gasteiger partial charge in [0.25, 0.3) is 30.4 Å². The number of aromatic hydroxyl groups is 1. The van der Waals surface area contributed by atoms with Gasteiger partial charge in [-0.2, -0.15) is 29.8 Å². The highest BCUT2D eigenvalue weighted by atomic mass is 32.2. The van der Waals surface area contributed by atoms with Gasteiger partial charge in [-0.25, -0.2) is 10.9 Å². The number of unbranched alkanes of at least 4 members (excludes halogenated alkanes) is 4. The number of fused-ring (bicyclic) bond motifs is 6. The van der Waals surface area contributed by atoms with E-state index in [0.717, 1.165) is 39.3 Å². The number of guanidine groups is 1. The number of allylic oxidation sites excluding steroid dienone is 6. The van der Waals surface area contributed by atoms with Crippen LogP contribution in [0.5, 0.6) is 5.75 Å². The number of phenolic OH excluding ortho intramolecular Hbond substituents is 1. The molecule has 146 heavy (non-hydrogen) atoms. The SMILES string of the molecule is CC(CC[N+]1=C(/C=C/C=C/C=C2/N(CCCCCC(=O)NCCCC[C@H](CC(=O)CCC(=O)C3N[C@@H](CCCNC(=N)N)C(=O)C(=O)CNN[C@@H](CC(=O)O)C(=O)N[C@@H](Cc4ccc(O)cc4)C3=O)C(=O)N[C@@H](CCCCNC(=O)CN3CCN(CC(=O)O)CCN(CC(=O)O)CCN(CC(=O)O)CC3)C(N)=O)c3ccc4cc(S(=O)(=O)O)ccc4c3C2(C)C)C(C)(C)c2c1ccc1cc(S(=O)(=O)O)ccc21)S(=O)(=O)O. The van der Waals surface area contributed by atoms with Crippen molar-refractivity contribution in [1.82, 2.24) is 62.4 Å². The van der Waals surface area contributed by atoms with E-state index in [9.17, 15) is 127 Å². The van der Waals surface area contributed by atoms with Crippen molar-refractivity contribution >= 4 is 157 Å². The summed E-state index contributed by atoms with van der Waals surface area (Å²) in [6.07, 6.45) is 8.01. The molecule has 4 aliphatic rings. The molecule has 0 aromatic heterocycles. The summed E-state index contributed by atoms with van der Waals surface area (Å²) in [7, 11) is -13.5. The van der Waals surface area contributed by atoms with Crippen molar-refractivity contribution in [3.63, 3.8) is 0 Å². The number of aliphatic carboxylic acids is 4. The maximum atomic E-state index is 15.2. The summed E-state index contributed by atoms with van der Waals surface area (Å²) in [6.45, 7) is 9.19. The number of rotatable bonds is 50. The molecule has 0 spiro atoms. The van der Waals surface area contributed by atoms with Crippen LogP contribution < -0.4 is 59.1 Å². The maximum absolute atomic E-state index is 15.2. The molecule has 9 rings (SSSR count). The van der Waals surface area contributed by atoms with Gasteiger partial charge in [0.1, 0.15) is 29.7 Å². The molecular formula is C98H134N17O28S3+. The molecule has 4 aliphatic heterocycles. The van der Waals surface area contributed by atoms with Crippen LogP contribution in [0.3, 0.4) is 0 Å². The zero-order valence-electron chi connectivity index (χ0n) is 82.3. The zero-order valence-corrected chi connectivity index (χ0v) is 84.7. The molecule has 0 radical (unpaired) electrons. The third kappa shape index (κ3) is 34.5. The highest BCUT2D eigenvalue weighted by molar-refractivity contribution is 7.86. The van der Waals surface area contributed by atoms with Crippen LogP contribution in [0.15, 0.2) is 131 Å². The second-order valence-electron chi connectivity index (χ2n) is 38.0. The number of anilines is 1. The lowest BCUT2D eigenvalue weighted by atomic mass is 9.79. The molecule has 796 valence electrons. The largest absolute Gasteiger partial charge is 0.508 e. The molecule has 4 heterocycles. The Hall–Kier alpha value is -12.6. The van der Waals surface area contributed by atoms with E-state index in [1.165, 1.54) is 55.5 Å². The van der Waals surface area contributed by atoms with Crippen LogP contribution >= 0.6 is 0 Å². The smallest absolute Gasteiger partial charge is 0.317 e. The third-order valence-corrected chi connectivity index (χ3v) is 29.3. The van der Waals surface area contributed by atoms with Crippen LogP contribution in [-0.4, -0.2) is 336 Å². The van der Waals surface area contributed by atoms with Crippen LogP contribution in [-0.2, 0) is 115 Å². The average molecular weight is 2090 g/mol. The van der Waals surface area contributed by atoms with E-state index in [1.807, 2.05) is 68.7 Å². The number of hydrogen-bond donors (Lipinski definition) is 19. The molecule has 7 atom stereocenters. The number of carbonyl (C=O) groups excluding carboxylic acids is 10. The van der Waals surface area contributed by atoms with Gasteiger partial charge in [0.15, 0.2) is 29.8 Å². The molecule has 0 bridgehead atoms. The van der Waals surface area contributed by atoms with Crippen LogP contribution in [0.1, 0.15) is 160 Å². The predicted molar refractivity (Wildman–Crippen MR) is 538 cm³/mol. The van der Waals surface area contributed by atoms with E-state index in [2.05, 4.69) is 47.7 Å². The summed E-state index contributed by atoms with van der Waals surface area (Å²) in [5.74, 6) is -15.6. The van der Waals surface area contributed by atoms with Crippen LogP contribution in [0.4, 0.5) is 11.4 Å². The third-order valence-electron chi connectivity index (χ3n) is 26.4. The van der Waals surface area contributed by atoms with Crippen molar-refractivity contribution in [3.05, 3.63) is 138 Å². The molecule has 5 amide bonds. The monoisotopic (exact) mass is 2090 g/mol. The van der Waals surface area contributed by atoms with Crippen molar-refractivity contribution in [3.8, 4) is 5.75 Å². The Kier molecular flexibility index (Phi) is 43.0. The molecule has 48 heteroatoms. The van der Waals surface area contributed by atoms with Gasteiger partial charge in [0.2, 0.25) is 46.8 Å². The van der Waals surface area contributed by atoms with Crippen molar-refractivity contribution in [2.45, 2.75) is 206 Å².